The fraction of sp³-hybridized carbons (Fsp3) is 1.00. The molecule has 0 unspecified atom stereocenters. The maximum Gasteiger partial charge on any atom is 0.0304 e. The first-order valence-electron chi connectivity index (χ1n) is 3.89. The summed E-state index contributed by atoms with van der Waals surface area (Å²) in [4.78, 5) is 0. The van der Waals surface area contributed by atoms with Crippen molar-refractivity contribution in [3.05, 3.63) is 0 Å². The van der Waals surface area contributed by atoms with Crippen LogP contribution in [0, 0.1) is 0 Å². The van der Waals surface area contributed by atoms with Gasteiger partial charge in [-0.1, -0.05) is 19.3 Å². The maximum absolute atomic E-state index is 4.14. The van der Waals surface area contributed by atoms with Crippen molar-refractivity contribution >= 4 is 0 Å². The van der Waals surface area contributed by atoms with Crippen molar-refractivity contribution in [2.45, 2.75) is 32.1 Å². The lowest BCUT2D eigenvalue weighted by atomic mass is 10.1. The van der Waals surface area contributed by atoms with Crippen LogP contribution in [-0.2, 0) is 0 Å². The van der Waals surface area contributed by atoms with Gasteiger partial charge in [0.15, 0.2) is 0 Å². The molecular formula is C7H15N2. The predicted molar refractivity (Wildman–Crippen MR) is 38.1 cm³/mol. The summed E-state index contributed by atoms with van der Waals surface area (Å²) in [5.41, 5.74) is 7.19. The van der Waals surface area contributed by atoms with E-state index in [-0.39, 0.29) is 0 Å². The Morgan fingerprint density at radius 1 is 0.889 bits per heavy atom. The monoisotopic (exact) mass is 127 g/mol. The summed E-state index contributed by atoms with van der Waals surface area (Å²) in [5, 5.41) is 0. The molecule has 0 amide bonds. The molecule has 1 N–H and O–H groups in total. The van der Waals surface area contributed by atoms with Gasteiger partial charge in [0, 0.05) is 13.1 Å². The van der Waals surface area contributed by atoms with Gasteiger partial charge in [0.1, 0.15) is 0 Å². The zero-order valence-electron chi connectivity index (χ0n) is 5.90. The van der Waals surface area contributed by atoms with Gasteiger partial charge in [-0.15, -0.1) is 0 Å². The van der Waals surface area contributed by atoms with Crippen molar-refractivity contribution in [3.8, 4) is 0 Å². The van der Waals surface area contributed by atoms with Crippen molar-refractivity contribution in [1.29, 1.82) is 0 Å². The van der Waals surface area contributed by atoms with Crippen LogP contribution in [0.5, 0.6) is 0 Å². The Labute approximate surface area is 57.0 Å². The largest absolute Gasteiger partial charge is 0.240 e. The van der Waals surface area contributed by atoms with E-state index in [1.807, 2.05) is 0 Å². The molecule has 0 aromatic carbocycles. The summed E-state index contributed by atoms with van der Waals surface area (Å²) in [6.07, 6.45) is 6.71. The molecular weight excluding hydrogens is 112 g/mol. The third-order valence-corrected chi connectivity index (χ3v) is 1.67. The van der Waals surface area contributed by atoms with Crippen LogP contribution in [0.4, 0.5) is 0 Å². The number of nitrogens with one attached hydrogen (secondary N) is 1. The molecule has 1 fully saturated rings. The molecule has 0 spiro atoms. The molecule has 1 rings (SSSR count). The minimum Gasteiger partial charge on any atom is -0.240 e. The molecule has 2 heteroatoms. The molecule has 9 heavy (non-hydrogen) atoms. The highest BCUT2D eigenvalue weighted by molar-refractivity contribution is 4.51. The van der Waals surface area contributed by atoms with E-state index in [0.717, 1.165) is 13.1 Å². The van der Waals surface area contributed by atoms with Crippen LogP contribution < -0.4 is 10.9 Å². The number of rotatable bonds is 0. The molecule has 0 aromatic rings. The average Bonchev–Trinajstić information content (AvgIpc) is 2.00. The Kier molecular flexibility index (Phi) is 3.72. The lowest BCUT2D eigenvalue weighted by molar-refractivity contribution is 0.515. The maximum atomic E-state index is 4.14. The standard InChI is InChI=1S/C7H15N2/c1-2-4-6-8-9-7-5-3-1/h8H,1-7H2. The van der Waals surface area contributed by atoms with Gasteiger partial charge in [0.25, 0.3) is 0 Å². The topological polar surface area (TPSA) is 26.1 Å². The van der Waals surface area contributed by atoms with Gasteiger partial charge in [0.05, 0.1) is 0 Å². The van der Waals surface area contributed by atoms with Crippen LogP contribution >= 0.6 is 0 Å². The van der Waals surface area contributed by atoms with E-state index in [0.29, 0.717) is 0 Å². The Morgan fingerprint density at radius 3 is 2.67 bits per heavy atom. The quantitative estimate of drug-likeness (QED) is 0.517. The normalized spacial score (nSPS) is 24.0. The first kappa shape index (κ1) is 7.03. The van der Waals surface area contributed by atoms with E-state index < -0.39 is 0 Å². The van der Waals surface area contributed by atoms with E-state index in [1.165, 1.54) is 32.1 Å². The van der Waals surface area contributed by atoms with Gasteiger partial charge in [-0.2, -0.15) is 5.43 Å². The second kappa shape index (κ2) is 4.77. The van der Waals surface area contributed by atoms with Gasteiger partial charge in [0.2, 0.25) is 0 Å². The number of nitrogens with zero attached hydrogens (tertiary/aromatic N) is 1. The minimum atomic E-state index is 1.01. The lowest BCUT2D eigenvalue weighted by Gasteiger charge is -1.98. The molecule has 1 saturated heterocycles. The second-order valence-corrected chi connectivity index (χ2v) is 2.56. The SMILES string of the molecule is C1CCC[N]NCCC1. The second-order valence-electron chi connectivity index (χ2n) is 2.56. The predicted octanol–water partition coefficient (Wildman–Crippen LogP) is 1.06. The fourth-order valence-electron chi connectivity index (χ4n) is 1.08. The summed E-state index contributed by atoms with van der Waals surface area (Å²) >= 11 is 0. The molecule has 1 aliphatic rings. The van der Waals surface area contributed by atoms with Gasteiger partial charge in [-0.3, -0.25) is 0 Å². The van der Waals surface area contributed by atoms with E-state index in [9.17, 15) is 0 Å². The summed E-state index contributed by atoms with van der Waals surface area (Å²) in [6.45, 7) is 2.10. The Balaban J connectivity index is 2.02. The molecule has 0 saturated carbocycles. The highest BCUT2D eigenvalue weighted by Gasteiger charge is 1.94. The number of hydrogen-bond acceptors (Lipinski definition) is 1. The van der Waals surface area contributed by atoms with E-state index >= 15 is 0 Å². The van der Waals surface area contributed by atoms with E-state index in [1.54, 1.807) is 0 Å². The van der Waals surface area contributed by atoms with Crippen LogP contribution in [0.25, 0.3) is 0 Å². The summed E-state index contributed by atoms with van der Waals surface area (Å²) in [6, 6.07) is 0. The van der Waals surface area contributed by atoms with Crippen LogP contribution in [-0.4, -0.2) is 13.1 Å². The first-order valence-corrected chi connectivity index (χ1v) is 3.89. The minimum absolute atomic E-state index is 1.01. The molecule has 0 aliphatic carbocycles. The van der Waals surface area contributed by atoms with Crippen LogP contribution in [0.2, 0.25) is 0 Å². The zero-order chi connectivity index (χ0) is 6.36. The molecule has 0 aromatic heterocycles. The fourth-order valence-corrected chi connectivity index (χ4v) is 1.08. The van der Waals surface area contributed by atoms with Gasteiger partial charge < -0.3 is 0 Å². The zero-order valence-corrected chi connectivity index (χ0v) is 5.90. The highest BCUT2D eigenvalue weighted by Crippen LogP contribution is 2.02. The van der Waals surface area contributed by atoms with Crippen molar-refractivity contribution < 1.29 is 0 Å². The van der Waals surface area contributed by atoms with Crippen LogP contribution in [0.3, 0.4) is 0 Å². The Bertz CT molecular complexity index is 35.4. The van der Waals surface area contributed by atoms with Crippen molar-refractivity contribution in [2.24, 2.45) is 0 Å². The van der Waals surface area contributed by atoms with Gasteiger partial charge in [-0.05, 0) is 12.8 Å². The molecule has 1 aliphatic heterocycles. The summed E-state index contributed by atoms with van der Waals surface area (Å²) in [5.74, 6) is 0. The van der Waals surface area contributed by atoms with E-state index in [2.05, 4.69) is 10.9 Å². The first-order chi connectivity index (χ1) is 4.50. The Hall–Kier alpha value is -0.0800. The summed E-state index contributed by atoms with van der Waals surface area (Å²) < 4.78 is 0. The number of hydrogen-bond donors (Lipinski definition) is 1. The third kappa shape index (κ3) is 3.49. The van der Waals surface area contributed by atoms with Gasteiger partial charge in [-0.25, -0.2) is 5.43 Å². The smallest absolute Gasteiger partial charge is 0.0304 e. The van der Waals surface area contributed by atoms with Crippen molar-refractivity contribution in [1.82, 2.24) is 10.9 Å². The van der Waals surface area contributed by atoms with Gasteiger partial charge >= 0.3 is 0 Å². The highest BCUT2D eigenvalue weighted by atomic mass is 15.3. The Morgan fingerprint density at radius 2 is 1.67 bits per heavy atom. The molecule has 1 radical (unpaired) electrons. The van der Waals surface area contributed by atoms with E-state index in [4.69, 9.17) is 0 Å². The van der Waals surface area contributed by atoms with Crippen LogP contribution in [0.1, 0.15) is 32.1 Å². The molecule has 2 nitrogen and oxygen atoms in total. The van der Waals surface area contributed by atoms with Crippen molar-refractivity contribution in [2.75, 3.05) is 13.1 Å². The van der Waals surface area contributed by atoms with Crippen LogP contribution in [0.15, 0.2) is 0 Å². The third-order valence-electron chi connectivity index (χ3n) is 1.67. The molecule has 53 valence electrons. The summed E-state index contributed by atoms with van der Waals surface area (Å²) in [7, 11) is 0. The molecule has 1 heterocycles. The average molecular weight is 127 g/mol. The molecule has 0 atom stereocenters. The van der Waals surface area contributed by atoms with Crippen molar-refractivity contribution in [3.63, 3.8) is 0 Å². The lowest BCUT2D eigenvalue weighted by Crippen LogP contribution is -2.25. The molecule has 0 bridgehead atoms.